The van der Waals surface area contributed by atoms with Gasteiger partial charge in [0, 0.05) is 31.9 Å². The van der Waals surface area contributed by atoms with Crippen LogP contribution >= 0.6 is 0 Å². The first kappa shape index (κ1) is 23.3. The molecule has 2 aliphatic heterocycles. The number of carboxylic acid groups (broad SMARTS) is 1. The third-order valence-electron chi connectivity index (χ3n) is 5.55. The summed E-state index contributed by atoms with van der Waals surface area (Å²) in [6, 6.07) is 5.75. The number of carboxylic acids is 1. The number of hydrogen-bond donors (Lipinski definition) is 1. The number of furan rings is 1. The highest BCUT2D eigenvalue weighted by atomic mass is 19.4. The van der Waals surface area contributed by atoms with Crippen molar-refractivity contribution in [2.45, 2.75) is 51.0 Å². The van der Waals surface area contributed by atoms with Crippen molar-refractivity contribution in [1.82, 2.24) is 14.8 Å². The Morgan fingerprint density at radius 3 is 2.53 bits per heavy atom. The van der Waals surface area contributed by atoms with Gasteiger partial charge in [-0.25, -0.2) is 4.79 Å². The van der Waals surface area contributed by atoms with Crippen LogP contribution in [-0.2, 0) is 16.1 Å². The molecule has 0 aliphatic carbocycles. The Hall–Kier alpha value is -3.37. The molecule has 2 atom stereocenters. The van der Waals surface area contributed by atoms with Gasteiger partial charge in [-0.2, -0.15) is 13.2 Å². The molecular formula is C21H22F3N3O5. The summed E-state index contributed by atoms with van der Waals surface area (Å²) in [4.78, 5) is 42.3. The number of hydrogen-bond acceptors (Lipinski definition) is 5. The minimum Gasteiger partial charge on any atom is -0.475 e. The molecule has 0 saturated carbocycles. The Balaban J connectivity index is 0.000000360. The number of likely N-dealkylation sites (tertiary alicyclic amines) is 2. The Kier molecular flexibility index (Phi) is 6.85. The van der Waals surface area contributed by atoms with E-state index in [9.17, 15) is 22.8 Å². The topological polar surface area (TPSA) is 104 Å². The Morgan fingerprint density at radius 2 is 1.97 bits per heavy atom. The van der Waals surface area contributed by atoms with Gasteiger partial charge in [0.1, 0.15) is 5.76 Å². The summed E-state index contributed by atoms with van der Waals surface area (Å²) >= 11 is 0. The molecule has 0 aromatic carbocycles. The molecule has 1 N–H and O–H groups in total. The van der Waals surface area contributed by atoms with Crippen molar-refractivity contribution >= 4 is 17.8 Å². The van der Waals surface area contributed by atoms with Crippen LogP contribution in [0.1, 0.15) is 40.9 Å². The molecule has 4 rings (SSSR count). The molecule has 172 valence electrons. The summed E-state index contributed by atoms with van der Waals surface area (Å²) in [6.07, 6.45) is 2.02. The van der Waals surface area contributed by atoms with Gasteiger partial charge in [-0.15, -0.1) is 0 Å². The molecule has 8 nitrogen and oxygen atoms in total. The summed E-state index contributed by atoms with van der Waals surface area (Å²) in [6.45, 7) is 3.04. The normalized spacial score (nSPS) is 20.4. The first-order valence-electron chi connectivity index (χ1n) is 9.93. The van der Waals surface area contributed by atoms with E-state index in [2.05, 4.69) is 4.98 Å². The summed E-state index contributed by atoms with van der Waals surface area (Å²) in [5, 5.41) is 7.12. The van der Waals surface area contributed by atoms with Crippen molar-refractivity contribution in [2.75, 3.05) is 6.54 Å². The van der Waals surface area contributed by atoms with Gasteiger partial charge in [0.05, 0.1) is 23.9 Å². The summed E-state index contributed by atoms with van der Waals surface area (Å²) < 4.78 is 37.0. The van der Waals surface area contributed by atoms with Gasteiger partial charge in [-0.05, 0) is 37.5 Å². The van der Waals surface area contributed by atoms with Crippen LogP contribution in [0.25, 0.3) is 0 Å². The van der Waals surface area contributed by atoms with Crippen molar-refractivity contribution in [1.29, 1.82) is 0 Å². The Labute approximate surface area is 181 Å². The number of amides is 2. The van der Waals surface area contributed by atoms with E-state index in [4.69, 9.17) is 14.3 Å². The minimum atomic E-state index is -5.08. The second-order valence-corrected chi connectivity index (χ2v) is 7.54. The molecule has 2 amide bonds. The second-order valence-electron chi connectivity index (χ2n) is 7.54. The fraction of sp³-hybridized carbons (Fsp3) is 0.429. The SMILES string of the molecule is Cc1occc1C(=O)N1CC[C@H]2[C@@H]1CCC(=O)N2Cc1cccnc1.O=C(O)C(F)(F)F. The van der Waals surface area contributed by atoms with Crippen LogP contribution < -0.4 is 0 Å². The monoisotopic (exact) mass is 453 g/mol. The van der Waals surface area contributed by atoms with Gasteiger partial charge >= 0.3 is 12.1 Å². The molecule has 0 radical (unpaired) electrons. The first-order valence-corrected chi connectivity index (χ1v) is 9.93. The van der Waals surface area contributed by atoms with E-state index in [1.165, 1.54) is 0 Å². The maximum absolute atomic E-state index is 12.9. The standard InChI is InChI=1S/C19H21N3O3.C2HF3O2/c1-13-15(7-10-25-13)19(24)21-9-6-17-16(21)4-5-18(23)22(17)12-14-3-2-8-20-11-14;3-2(4,5)1(6)7/h2-3,7-8,10-11,16-17H,4-6,9,12H2,1H3;(H,6,7)/t16-,17-;/m0./s1. The quantitative estimate of drug-likeness (QED) is 0.766. The fourth-order valence-corrected chi connectivity index (χ4v) is 4.06. The molecule has 2 aliphatic rings. The third-order valence-corrected chi connectivity index (χ3v) is 5.55. The zero-order valence-electron chi connectivity index (χ0n) is 17.2. The summed E-state index contributed by atoms with van der Waals surface area (Å²) in [5.41, 5.74) is 1.64. The Morgan fingerprint density at radius 1 is 1.25 bits per heavy atom. The average molecular weight is 453 g/mol. The maximum atomic E-state index is 12.9. The zero-order valence-corrected chi connectivity index (χ0v) is 17.2. The van der Waals surface area contributed by atoms with Crippen molar-refractivity contribution in [2.24, 2.45) is 0 Å². The maximum Gasteiger partial charge on any atom is 0.490 e. The van der Waals surface area contributed by atoms with E-state index in [0.29, 0.717) is 30.8 Å². The van der Waals surface area contributed by atoms with E-state index in [1.807, 2.05) is 21.9 Å². The number of pyridine rings is 1. The van der Waals surface area contributed by atoms with Gasteiger partial charge in [-0.3, -0.25) is 14.6 Å². The molecule has 32 heavy (non-hydrogen) atoms. The number of carbonyl (C=O) groups is 3. The molecule has 0 spiro atoms. The number of carbonyl (C=O) groups excluding carboxylic acids is 2. The van der Waals surface area contributed by atoms with E-state index in [-0.39, 0.29) is 23.9 Å². The predicted molar refractivity (Wildman–Crippen MR) is 104 cm³/mol. The largest absolute Gasteiger partial charge is 0.490 e. The summed E-state index contributed by atoms with van der Waals surface area (Å²) in [5.74, 6) is -1.94. The van der Waals surface area contributed by atoms with Crippen LogP contribution in [0.3, 0.4) is 0 Å². The van der Waals surface area contributed by atoms with Gasteiger partial charge in [0.25, 0.3) is 5.91 Å². The zero-order chi connectivity index (χ0) is 23.5. The van der Waals surface area contributed by atoms with Gasteiger partial charge in [0.2, 0.25) is 5.91 Å². The minimum absolute atomic E-state index is 0.00873. The van der Waals surface area contributed by atoms with E-state index >= 15 is 0 Å². The van der Waals surface area contributed by atoms with E-state index < -0.39 is 12.1 Å². The highest BCUT2D eigenvalue weighted by Crippen LogP contribution is 2.33. The van der Waals surface area contributed by atoms with E-state index in [1.54, 1.807) is 31.6 Å². The number of aryl methyl sites for hydroxylation is 1. The van der Waals surface area contributed by atoms with Crippen molar-refractivity contribution in [3.63, 3.8) is 0 Å². The van der Waals surface area contributed by atoms with Gasteiger partial charge < -0.3 is 19.3 Å². The lowest BCUT2D eigenvalue weighted by atomic mass is 9.95. The predicted octanol–water partition coefficient (Wildman–Crippen LogP) is 3.02. The average Bonchev–Trinajstić information content (AvgIpc) is 3.36. The van der Waals surface area contributed by atoms with Gasteiger partial charge in [-0.1, -0.05) is 6.07 Å². The smallest absolute Gasteiger partial charge is 0.475 e. The third kappa shape index (κ3) is 5.09. The fourth-order valence-electron chi connectivity index (χ4n) is 4.06. The number of nitrogens with zero attached hydrogens (tertiary/aromatic N) is 3. The first-order chi connectivity index (χ1) is 15.1. The highest BCUT2D eigenvalue weighted by Gasteiger charge is 2.45. The number of halogens is 3. The number of fused-ring (bicyclic) bond motifs is 1. The lowest BCUT2D eigenvalue weighted by Gasteiger charge is -2.39. The van der Waals surface area contributed by atoms with Crippen LogP contribution in [0.4, 0.5) is 13.2 Å². The molecular weight excluding hydrogens is 431 g/mol. The van der Waals surface area contributed by atoms with Crippen LogP contribution in [0.5, 0.6) is 0 Å². The van der Waals surface area contributed by atoms with Crippen LogP contribution in [0, 0.1) is 6.92 Å². The number of aliphatic carboxylic acids is 1. The molecule has 0 bridgehead atoms. The number of piperidine rings is 1. The molecule has 2 aromatic heterocycles. The second kappa shape index (κ2) is 9.41. The van der Waals surface area contributed by atoms with Crippen LogP contribution in [-0.4, -0.2) is 62.5 Å². The highest BCUT2D eigenvalue weighted by molar-refractivity contribution is 5.95. The molecule has 2 saturated heterocycles. The Bertz CT molecular complexity index is 977. The number of alkyl halides is 3. The number of rotatable bonds is 3. The summed E-state index contributed by atoms with van der Waals surface area (Å²) in [7, 11) is 0. The van der Waals surface area contributed by atoms with E-state index in [0.717, 1.165) is 18.4 Å². The van der Waals surface area contributed by atoms with Crippen molar-refractivity contribution in [3.05, 3.63) is 53.7 Å². The molecule has 4 heterocycles. The lowest BCUT2D eigenvalue weighted by molar-refractivity contribution is -0.192. The van der Waals surface area contributed by atoms with Crippen molar-refractivity contribution < 1.29 is 37.1 Å². The molecule has 0 unspecified atom stereocenters. The molecule has 11 heteroatoms. The molecule has 2 fully saturated rings. The van der Waals surface area contributed by atoms with Crippen LogP contribution in [0.2, 0.25) is 0 Å². The lowest BCUT2D eigenvalue weighted by Crippen LogP contribution is -2.52. The number of aromatic nitrogens is 1. The van der Waals surface area contributed by atoms with Gasteiger partial charge in [0.15, 0.2) is 0 Å². The van der Waals surface area contributed by atoms with Crippen LogP contribution in [0.15, 0.2) is 41.3 Å². The van der Waals surface area contributed by atoms with Crippen molar-refractivity contribution in [3.8, 4) is 0 Å². The molecule has 2 aromatic rings.